The monoisotopic (exact) mass is 501 g/mol. The SMILES string of the molecule is Cc1csc2ncnc(-n3nc(Nc4ccc(N5CCN([C@H]6C[C@@H]7CC[C@H]6C7)CC5)cc4)nc3N)c12. The molecule has 7 rings (SSSR count). The first-order valence-corrected chi connectivity index (χ1v) is 13.8. The Hall–Kier alpha value is -3.24. The van der Waals surface area contributed by atoms with Gasteiger partial charge in [0.15, 0.2) is 5.82 Å². The molecule has 4 heterocycles. The fraction of sp³-hybridized carbons (Fsp3) is 0.462. The smallest absolute Gasteiger partial charge is 0.248 e. The first-order chi connectivity index (χ1) is 17.6. The van der Waals surface area contributed by atoms with E-state index < -0.39 is 0 Å². The van der Waals surface area contributed by atoms with E-state index in [0.29, 0.717) is 11.8 Å². The van der Waals surface area contributed by atoms with Gasteiger partial charge in [0.1, 0.15) is 11.2 Å². The Bertz CT molecular complexity index is 1390. The summed E-state index contributed by atoms with van der Waals surface area (Å²) in [6, 6.07) is 9.37. The highest BCUT2D eigenvalue weighted by Gasteiger charge is 2.42. The summed E-state index contributed by atoms with van der Waals surface area (Å²) in [5.41, 5.74) is 9.51. The Labute approximate surface area is 214 Å². The van der Waals surface area contributed by atoms with Crippen molar-refractivity contribution in [1.82, 2.24) is 29.6 Å². The number of thiophene rings is 1. The van der Waals surface area contributed by atoms with Gasteiger partial charge in [-0.1, -0.05) is 6.42 Å². The Morgan fingerprint density at radius 2 is 1.86 bits per heavy atom. The Balaban J connectivity index is 1.02. The minimum Gasteiger partial charge on any atom is -0.369 e. The molecule has 2 bridgehead atoms. The Morgan fingerprint density at radius 1 is 1.03 bits per heavy atom. The van der Waals surface area contributed by atoms with Gasteiger partial charge in [0.25, 0.3) is 0 Å². The van der Waals surface area contributed by atoms with E-state index in [9.17, 15) is 0 Å². The van der Waals surface area contributed by atoms with Crippen molar-refractivity contribution < 1.29 is 0 Å². The standard InChI is InChI=1S/C26H31N9S/c1-16-14-36-24-22(16)23(28-15-29-24)35-25(27)31-26(32-35)30-19-4-6-20(7-5-19)33-8-10-34(11-9-33)21-13-17-2-3-18(21)12-17/h4-7,14-15,17-18,21H,2-3,8-13H2,1H3,(H3,27,30,31,32)/t17-,18+,21+/m1/s1. The second-order valence-corrected chi connectivity index (χ2v) is 11.3. The number of nitrogens with one attached hydrogen (secondary N) is 1. The zero-order valence-corrected chi connectivity index (χ0v) is 21.3. The molecule has 9 nitrogen and oxygen atoms in total. The average molecular weight is 502 g/mol. The predicted molar refractivity (Wildman–Crippen MR) is 144 cm³/mol. The van der Waals surface area contributed by atoms with Gasteiger partial charge in [0.2, 0.25) is 11.9 Å². The third-order valence-corrected chi connectivity index (χ3v) is 9.34. The maximum Gasteiger partial charge on any atom is 0.248 e. The number of piperazine rings is 1. The van der Waals surface area contributed by atoms with Crippen LogP contribution in [0.1, 0.15) is 31.2 Å². The van der Waals surface area contributed by atoms with E-state index in [1.165, 1.54) is 50.8 Å². The van der Waals surface area contributed by atoms with E-state index in [2.05, 4.69) is 64.8 Å². The lowest BCUT2D eigenvalue weighted by Crippen LogP contribution is -2.51. The molecule has 4 aromatic rings. The van der Waals surface area contributed by atoms with E-state index in [0.717, 1.165) is 52.4 Å². The summed E-state index contributed by atoms with van der Waals surface area (Å²) in [4.78, 5) is 19.4. The van der Waals surface area contributed by atoms with Gasteiger partial charge >= 0.3 is 0 Å². The summed E-state index contributed by atoms with van der Waals surface area (Å²) >= 11 is 1.58. The number of aryl methyl sites for hydroxylation is 1. The largest absolute Gasteiger partial charge is 0.369 e. The van der Waals surface area contributed by atoms with Crippen molar-refractivity contribution in [2.24, 2.45) is 11.8 Å². The summed E-state index contributed by atoms with van der Waals surface area (Å²) in [5, 5.41) is 10.9. The number of nitrogens with two attached hydrogens (primary N) is 1. The van der Waals surface area contributed by atoms with E-state index in [-0.39, 0.29) is 5.95 Å². The molecule has 36 heavy (non-hydrogen) atoms. The lowest BCUT2D eigenvalue weighted by Gasteiger charge is -2.41. The summed E-state index contributed by atoms with van der Waals surface area (Å²) in [7, 11) is 0. The Kier molecular flexibility index (Phi) is 5.32. The maximum absolute atomic E-state index is 6.22. The number of hydrogen-bond donors (Lipinski definition) is 2. The number of fused-ring (bicyclic) bond motifs is 3. The van der Waals surface area contributed by atoms with Crippen LogP contribution in [0.5, 0.6) is 0 Å². The minimum atomic E-state index is 0.285. The van der Waals surface area contributed by atoms with Crippen LogP contribution in [0.15, 0.2) is 36.0 Å². The van der Waals surface area contributed by atoms with Crippen molar-refractivity contribution in [3.63, 3.8) is 0 Å². The van der Waals surface area contributed by atoms with Gasteiger partial charge in [0, 0.05) is 43.6 Å². The van der Waals surface area contributed by atoms with Crippen molar-refractivity contribution in [1.29, 1.82) is 0 Å². The van der Waals surface area contributed by atoms with Crippen LogP contribution in [-0.2, 0) is 0 Å². The number of nitrogens with zero attached hydrogens (tertiary/aromatic N) is 7. The topological polar surface area (TPSA) is 101 Å². The molecule has 3 aliphatic rings. The number of rotatable bonds is 5. The summed E-state index contributed by atoms with van der Waals surface area (Å²) < 4.78 is 1.58. The second-order valence-electron chi connectivity index (χ2n) is 10.4. The average Bonchev–Trinajstić information content (AvgIpc) is 3.70. The van der Waals surface area contributed by atoms with Gasteiger partial charge in [-0.15, -0.1) is 16.4 Å². The van der Waals surface area contributed by atoms with Crippen molar-refractivity contribution in [2.75, 3.05) is 42.1 Å². The number of nitrogen functional groups attached to an aromatic ring is 1. The molecule has 3 fully saturated rings. The highest BCUT2D eigenvalue weighted by Crippen LogP contribution is 2.46. The lowest BCUT2D eigenvalue weighted by atomic mass is 9.93. The minimum absolute atomic E-state index is 0.285. The molecular formula is C26H31N9S. The highest BCUT2D eigenvalue weighted by molar-refractivity contribution is 7.17. The molecule has 3 atom stereocenters. The normalized spacial score (nSPS) is 24.1. The number of benzene rings is 1. The molecule has 2 saturated carbocycles. The first kappa shape index (κ1) is 22.0. The van der Waals surface area contributed by atoms with Gasteiger partial charge in [-0.2, -0.15) is 9.67 Å². The molecule has 2 aliphatic carbocycles. The van der Waals surface area contributed by atoms with Crippen molar-refractivity contribution >= 4 is 44.8 Å². The van der Waals surface area contributed by atoms with Crippen LogP contribution in [0.4, 0.5) is 23.3 Å². The van der Waals surface area contributed by atoms with Crippen molar-refractivity contribution in [3.8, 4) is 5.82 Å². The third-order valence-electron chi connectivity index (χ3n) is 8.34. The van der Waals surface area contributed by atoms with Crippen LogP contribution in [0, 0.1) is 18.8 Å². The second kappa shape index (κ2) is 8.70. The zero-order chi connectivity index (χ0) is 24.2. The van der Waals surface area contributed by atoms with Crippen molar-refractivity contribution in [2.45, 2.75) is 38.6 Å². The van der Waals surface area contributed by atoms with Crippen LogP contribution >= 0.6 is 11.3 Å². The van der Waals surface area contributed by atoms with Crippen LogP contribution in [0.2, 0.25) is 0 Å². The molecule has 0 spiro atoms. The van der Waals surface area contributed by atoms with Gasteiger partial charge in [-0.25, -0.2) is 9.97 Å². The van der Waals surface area contributed by atoms with E-state index in [1.54, 1.807) is 16.0 Å². The molecule has 10 heteroatoms. The van der Waals surface area contributed by atoms with Gasteiger partial charge in [0.05, 0.1) is 5.39 Å². The molecule has 0 unspecified atom stereocenters. The fourth-order valence-corrected chi connectivity index (χ4v) is 7.43. The Morgan fingerprint density at radius 3 is 2.61 bits per heavy atom. The highest BCUT2D eigenvalue weighted by atomic mass is 32.1. The number of hydrogen-bond acceptors (Lipinski definition) is 9. The quantitative estimate of drug-likeness (QED) is 0.419. The zero-order valence-electron chi connectivity index (χ0n) is 20.5. The fourth-order valence-electron chi connectivity index (χ4n) is 6.55. The molecule has 0 amide bonds. The van der Waals surface area contributed by atoms with E-state index in [4.69, 9.17) is 5.73 Å². The summed E-state index contributed by atoms with van der Waals surface area (Å²) in [6.07, 6.45) is 7.39. The molecule has 1 aliphatic heterocycles. The van der Waals surface area contributed by atoms with Gasteiger partial charge in [-0.3, -0.25) is 4.90 Å². The maximum atomic E-state index is 6.22. The molecule has 0 radical (unpaired) electrons. The van der Waals surface area contributed by atoms with Crippen LogP contribution in [-0.4, -0.2) is 61.9 Å². The predicted octanol–water partition coefficient (Wildman–Crippen LogP) is 4.22. The lowest BCUT2D eigenvalue weighted by molar-refractivity contribution is 0.135. The van der Waals surface area contributed by atoms with Crippen LogP contribution in [0.25, 0.3) is 16.0 Å². The molecule has 3 aromatic heterocycles. The summed E-state index contributed by atoms with van der Waals surface area (Å²) in [5.74, 6) is 3.35. The number of aromatic nitrogens is 5. The van der Waals surface area contributed by atoms with Gasteiger partial charge in [-0.05, 0) is 73.2 Å². The van der Waals surface area contributed by atoms with Crippen molar-refractivity contribution in [3.05, 3.63) is 41.5 Å². The molecule has 1 saturated heterocycles. The molecule has 1 aromatic carbocycles. The van der Waals surface area contributed by atoms with E-state index >= 15 is 0 Å². The summed E-state index contributed by atoms with van der Waals surface area (Å²) in [6.45, 7) is 6.58. The van der Waals surface area contributed by atoms with Gasteiger partial charge < -0.3 is 16.0 Å². The third kappa shape index (κ3) is 3.79. The van der Waals surface area contributed by atoms with E-state index in [1.807, 2.05) is 6.92 Å². The van der Waals surface area contributed by atoms with Crippen LogP contribution < -0.4 is 16.0 Å². The molecular weight excluding hydrogens is 470 g/mol. The molecule has 186 valence electrons. The number of anilines is 4. The molecule has 3 N–H and O–H groups in total. The van der Waals surface area contributed by atoms with Crippen LogP contribution in [0.3, 0.4) is 0 Å². The first-order valence-electron chi connectivity index (χ1n) is 12.9.